The maximum Gasteiger partial charge on any atom is 0.471 e. The van der Waals surface area contributed by atoms with Gasteiger partial charge in [-0.1, -0.05) is 66.7 Å². The van der Waals surface area contributed by atoms with Gasteiger partial charge in [0.2, 0.25) is 5.69 Å². The lowest BCUT2D eigenvalue weighted by atomic mass is 9.81. The standard InChI is InChI=1S/C56H82F6N4O16P2S2.C2H2F4OP2/c1-53(2)45-41-43(83(71,77-35-17-7-6-15-33-67)79-37-19-13-29-63-51(68)55(57,58)59)25-27-47(45)65(31-21-39-85-82-81-70)49(53)23-11-10-12-24-50-54(3,4)46-42-44(26-28-48(46)66(50)32-22-40-86(73,74)75)84(72,78-36-18-9-8-16-34-76-5)80-38-20-14-30-64-52(69)56(60,61)62;3-2(4,5)1(7)9(6)8/h10-12,23-28,41-42,67H,6-9,13-22,29-40H2,1-5H3,(H3-,63,64,68,69,70,73,74,75);8H2. The smallest absolute Gasteiger partial charge is 0.471 e. The highest BCUT2D eigenvalue weighted by atomic mass is 32.2. The molecule has 0 aliphatic carbocycles. The number of amides is 2. The highest BCUT2D eigenvalue weighted by Crippen LogP contribution is 2.54. The van der Waals surface area contributed by atoms with E-state index in [-0.39, 0.29) is 95.4 Å². The van der Waals surface area contributed by atoms with Crippen LogP contribution in [0.1, 0.15) is 129 Å². The molecule has 2 aromatic rings. The molecule has 21 nitrogen and oxygen atoms in total. The molecular formula is C58H84F10N4O17P4S2. The van der Waals surface area contributed by atoms with Crippen LogP contribution in [0.3, 0.4) is 0 Å². The van der Waals surface area contributed by atoms with Gasteiger partial charge in [0, 0.05) is 98.7 Å². The highest BCUT2D eigenvalue weighted by Gasteiger charge is 2.47. The van der Waals surface area contributed by atoms with E-state index < -0.39 is 85.7 Å². The number of hydrogen-bond donors (Lipinski definition) is 4. The van der Waals surface area contributed by atoms with Gasteiger partial charge in [0.15, 0.2) is 13.6 Å². The molecule has 95 heavy (non-hydrogen) atoms. The van der Waals surface area contributed by atoms with Gasteiger partial charge in [-0.25, -0.2) is 4.20 Å². The molecule has 2 aromatic carbocycles. The fraction of sp³-hybridized carbons (Fsp3) is 0.621. The van der Waals surface area contributed by atoms with Gasteiger partial charge in [-0.2, -0.15) is 56.8 Å². The number of fused-ring (bicyclic) bond motifs is 2. The number of hydrogen-bond acceptors (Lipinski definition) is 18. The fourth-order valence-electron chi connectivity index (χ4n) is 9.81. The molecule has 0 aromatic heterocycles. The minimum absolute atomic E-state index is 0.0232. The van der Waals surface area contributed by atoms with Gasteiger partial charge in [0.1, 0.15) is 6.54 Å². The van der Waals surface area contributed by atoms with Gasteiger partial charge >= 0.3 is 45.5 Å². The van der Waals surface area contributed by atoms with E-state index in [0.717, 1.165) is 48.3 Å². The first-order valence-electron chi connectivity index (χ1n) is 30.1. The second-order valence-corrected chi connectivity index (χ2v) is 31.3. The largest absolute Gasteiger partial charge is 0.691 e. The van der Waals surface area contributed by atoms with Crippen molar-refractivity contribution in [3.8, 4) is 0 Å². The van der Waals surface area contributed by atoms with Crippen molar-refractivity contribution >= 4 is 99.2 Å². The number of alkyl halides is 9. The minimum atomic E-state index is -5.04. The van der Waals surface area contributed by atoms with Crippen LogP contribution in [0.25, 0.3) is 0 Å². The Labute approximate surface area is 554 Å². The molecule has 0 saturated heterocycles. The van der Waals surface area contributed by atoms with Gasteiger partial charge < -0.3 is 48.7 Å². The van der Waals surface area contributed by atoms with Crippen LogP contribution < -0.4 is 31.4 Å². The van der Waals surface area contributed by atoms with Crippen molar-refractivity contribution in [1.82, 2.24) is 10.6 Å². The number of aliphatic hydroxyl groups is 1. The maximum absolute atomic E-state index is 14.8. The first-order chi connectivity index (χ1) is 44.4. The summed E-state index contributed by atoms with van der Waals surface area (Å²) < 4.78 is 220. The number of benzene rings is 2. The maximum atomic E-state index is 14.8. The van der Waals surface area contributed by atoms with E-state index >= 15 is 0 Å². The van der Waals surface area contributed by atoms with E-state index in [1.165, 1.54) is 8.93 Å². The lowest BCUT2D eigenvalue weighted by Gasteiger charge is -2.27. The number of halogens is 10. The summed E-state index contributed by atoms with van der Waals surface area (Å²) in [5.74, 6) is -4.29. The van der Waals surface area contributed by atoms with Crippen LogP contribution >= 0.6 is 44.1 Å². The SMILES string of the molecule is COCCCCCCOP(=O)(OCCCCNC(=O)C(F)(F)F)c1ccc2c(c1)C(C)(C)/C(=C/C=C/C=C/C1=[N+](CCCSOO[O-])c3ccc(P(=O)(OCCCCCCO)OCCCCNC(=O)C(F)(F)F)cc3C1(C)C)N2CCCS(=O)(=O)O.O=C(P(F)P)C(F)(F)F. The molecule has 0 fully saturated rings. The van der Waals surface area contributed by atoms with E-state index in [0.29, 0.717) is 74.4 Å². The third-order valence-electron chi connectivity index (χ3n) is 14.6. The molecule has 0 spiro atoms. The average Bonchev–Trinajstić information content (AvgIpc) is 1.59. The van der Waals surface area contributed by atoms with E-state index in [9.17, 15) is 90.6 Å². The number of nitrogens with zero attached hydrogens (tertiary/aromatic N) is 2. The number of carbonyl (C=O) groups is 3. The summed E-state index contributed by atoms with van der Waals surface area (Å²) in [6, 6.07) is 10.2. The van der Waals surface area contributed by atoms with Crippen LogP contribution in [0.4, 0.5) is 55.1 Å². The molecule has 0 radical (unpaired) electrons. The first-order valence-corrected chi connectivity index (χ1v) is 38.6. The lowest BCUT2D eigenvalue weighted by molar-refractivity contribution is -0.777. The van der Waals surface area contributed by atoms with Crippen LogP contribution in [-0.4, -0.2) is 149 Å². The van der Waals surface area contributed by atoms with E-state index in [2.05, 4.69) is 13.9 Å². The third-order valence-corrected chi connectivity index (χ3v) is 21.3. The molecule has 4 atom stereocenters. The Kier molecular flexibility index (Phi) is 36.4. The predicted octanol–water partition coefficient (Wildman–Crippen LogP) is 12.0. The number of ether oxygens (including phenoxy) is 1. The molecule has 4 unspecified atom stereocenters. The van der Waals surface area contributed by atoms with Crippen LogP contribution in [0, 0.1) is 0 Å². The number of anilines is 1. The van der Waals surface area contributed by atoms with Crippen LogP contribution in [-0.2, 0) is 76.7 Å². The van der Waals surface area contributed by atoms with Crippen molar-refractivity contribution in [3.63, 3.8) is 0 Å². The van der Waals surface area contributed by atoms with Crippen molar-refractivity contribution in [2.24, 2.45) is 0 Å². The molecule has 37 heteroatoms. The van der Waals surface area contributed by atoms with Crippen molar-refractivity contribution < 1.29 is 127 Å². The Morgan fingerprint density at radius 1 is 0.695 bits per heavy atom. The zero-order chi connectivity index (χ0) is 71.3. The first kappa shape index (κ1) is 85.5. The molecular weight excluding hydrogens is 1400 g/mol. The van der Waals surface area contributed by atoms with Gasteiger partial charge in [0.25, 0.3) is 15.6 Å². The second-order valence-electron chi connectivity index (χ2n) is 22.5. The normalized spacial score (nSPS) is 16.8. The Hall–Kier alpha value is -3.74. The molecule has 0 bridgehead atoms. The van der Waals surface area contributed by atoms with Crippen LogP contribution in [0.15, 0.2) is 72.5 Å². The summed E-state index contributed by atoms with van der Waals surface area (Å²) in [4.78, 5) is 34.2. The van der Waals surface area contributed by atoms with E-state index in [4.69, 9.17) is 22.8 Å². The summed E-state index contributed by atoms with van der Waals surface area (Å²) in [7, 11) is -12.8. The zero-order valence-electron chi connectivity index (χ0n) is 53.2. The van der Waals surface area contributed by atoms with Gasteiger partial charge in [-0.3, -0.25) is 33.1 Å². The van der Waals surface area contributed by atoms with Crippen LogP contribution in [0.2, 0.25) is 0 Å². The quantitative estimate of drug-likeness (QED) is 0.00552. The summed E-state index contributed by atoms with van der Waals surface area (Å²) >= 11 is 0.833. The number of unbranched alkanes of at least 4 members (excludes halogenated alkanes) is 8. The number of nitrogens with one attached hydrogen (secondary N) is 2. The molecule has 4 N–H and O–H groups in total. The number of rotatable bonds is 43. The van der Waals surface area contributed by atoms with Crippen molar-refractivity contribution in [1.29, 1.82) is 0 Å². The van der Waals surface area contributed by atoms with Crippen LogP contribution in [0.5, 0.6) is 0 Å². The molecule has 2 aliphatic heterocycles. The van der Waals surface area contributed by atoms with Crippen molar-refractivity contribution in [2.75, 3.05) is 89.3 Å². The zero-order valence-corrected chi connectivity index (χ0v) is 58.6. The molecule has 4 rings (SSSR count). The average molecular weight is 1490 g/mol. The number of methoxy groups -OCH3 is 1. The van der Waals surface area contributed by atoms with Gasteiger partial charge in [0.05, 0.1) is 48.2 Å². The van der Waals surface area contributed by atoms with E-state index in [1.807, 2.05) is 61.5 Å². The Bertz CT molecular complexity index is 3140. The highest BCUT2D eigenvalue weighted by molar-refractivity contribution is 8.19. The van der Waals surface area contributed by atoms with E-state index in [1.54, 1.807) is 55.7 Å². The number of carbonyl (C=O) groups excluding carboxylic acids is 3. The molecule has 540 valence electrons. The van der Waals surface area contributed by atoms with Crippen molar-refractivity contribution in [2.45, 2.75) is 147 Å². The Morgan fingerprint density at radius 2 is 1.19 bits per heavy atom. The number of allylic oxidation sites excluding steroid dienone is 6. The van der Waals surface area contributed by atoms with Gasteiger partial charge in [-0.15, -0.1) is 0 Å². The van der Waals surface area contributed by atoms with Gasteiger partial charge in [-0.05, 0) is 114 Å². The summed E-state index contributed by atoms with van der Waals surface area (Å²) in [6.07, 6.45) is 0.539. The summed E-state index contributed by atoms with van der Waals surface area (Å²) in [6.45, 7) is 8.22. The third kappa shape index (κ3) is 28.4. The molecule has 2 heterocycles. The van der Waals surface area contributed by atoms with Crippen molar-refractivity contribution in [3.05, 3.63) is 83.6 Å². The summed E-state index contributed by atoms with van der Waals surface area (Å²) in [5.41, 5.74) is 0.502. The minimum Gasteiger partial charge on any atom is -0.691 e. The predicted molar refractivity (Wildman–Crippen MR) is 342 cm³/mol. The monoisotopic (exact) mass is 1490 g/mol. The molecule has 0 saturated carbocycles. The Morgan fingerprint density at radius 3 is 1.65 bits per heavy atom. The number of aliphatic hydroxyl groups excluding tert-OH is 1. The molecule has 2 aliphatic rings. The summed E-state index contributed by atoms with van der Waals surface area (Å²) in [5, 5.41) is 27.4. The fourth-order valence-corrected chi connectivity index (χ4v) is 14.6. The molecule has 2 amide bonds. The Balaban J connectivity index is 0.00000242. The lowest BCUT2D eigenvalue weighted by Crippen LogP contribution is -2.37. The topological polar surface area (TPSA) is 278 Å². The second kappa shape index (κ2) is 40.5.